The van der Waals surface area contributed by atoms with E-state index in [1.165, 1.54) is 14.2 Å². The summed E-state index contributed by atoms with van der Waals surface area (Å²) in [6.07, 6.45) is 0. The van der Waals surface area contributed by atoms with Crippen molar-refractivity contribution in [3.05, 3.63) is 90.5 Å². The van der Waals surface area contributed by atoms with Crippen molar-refractivity contribution in [3.63, 3.8) is 0 Å². The molecule has 4 aromatic carbocycles. The van der Waals surface area contributed by atoms with Gasteiger partial charge < -0.3 is 20.1 Å². The van der Waals surface area contributed by atoms with Crippen LogP contribution in [0.4, 0.5) is 38.9 Å². The van der Waals surface area contributed by atoms with Crippen molar-refractivity contribution >= 4 is 52.2 Å². The summed E-state index contributed by atoms with van der Waals surface area (Å²) < 4.78 is 15.3. The normalized spacial score (nSPS) is 11.1. The number of nitrogens with zero attached hydrogens (tertiary/aromatic N) is 4. The van der Waals surface area contributed by atoms with Crippen LogP contribution in [0.3, 0.4) is 0 Å². The van der Waals surface area contributed by atoms with Gasteiger partial charge in [-0.2, -0.15) is 20.5 Å². The van der Waals surface area contributed by atoms with Crippen LogP contribution < -0.4 is 20.1 Å². The number of methoxy groups -OCH3 is 2. The molecule has 0 aliphatic heterocycles. The number of hydrogen-bond donors (Lipinski definition) is 3. The zero-order chi connectivity index (χ0) is 29.0. The highest BCUT2D eigenvalue weighted by Crippen LogP contribution is 2.33. The molecule has 0 fully saturated rings. The number of nitrogens with one attached hydrogen (secondary N) is 2. The quantitative estimate of drug-likeness (QED) is 0.0701. The maximum atomic E-state index is 12.8. The van der Waals surface area contributed by atoms with Gasteiger partial charge in [-0.3, -0.25) is 0 Å². The molecule has 0 aromatic heterocycles. The number of urea groups is 1. The summed E-state index contributed by atoms with van der Waals surface area (Å²) in [6, 6.07) is 24.2. The van der Waals surface area contributed by atoms with Gasteiger partial charge in [0.25, 0.3) is 0 Å². The van der Waals surface area contributed by atoms with E-state index in [9.17, 15) is 4.79 Å². The van der Waals surface area contributed by atoms with E-state index in [2.05, 4.69) is 40.5 Å². The van der Waals surface area contributed by atoms with Crippen LogP contribution in [-0.2, 0) is 9.37 Å². The number of azo groups is 2. The maximum absolute atomic E-state index is 12.8. The Bertz CT molecular complexity index is 1570. The molecule has 3 N–H and O–H groups in total. The summed E-state index contributed by atoms with van der Waals surface area (Å²) in [5.74, 6) is 0.801. The highest BCUT2D eigenvalue weighted by molar-refractivity contribution is 7.94. The third-order valence-corrected chi connectivity index (χ3v) is 5.98. The topological polar surface area (TPSA) is 148 Å². The Morgan fingerprint density at radius 3 is 1.73 bits per heavy atom. The van der Waals surface area contributed by atoms with Gasteiger partial charge >= 0.3 is 6.03 Å². The zero-order valence-corrected chi connectivity index (χ0v) is 23.1. The molecule has 210 valence electrons. The van der Waals surface area contributed by atoms with E-state index in [0.29, 0.717) is 44.8 Å². The van der Waals surface area contributed by atoms with Crippen LogP contribution in [0.5, 0.6) is 11.5 Å². The molecule has 0 radical (unpaired) electrons. The molecule has 0 atom stereocenters. The Hall–Kier alpha value is -4.82. The third kappa shape index (κ3) is 8.58. The highest BCUT2D eigenvalue weighted by Gasteiger charge is 2.12. The lowest BCUT2D eigenvalue weighted by Gasteiger charge is -2.13. The van der Waals surface area contributed by atoms with Gasteiger partial charge in [0.1, 0.15) is 11.5 Å². The summed E-state index contributed by atoms with van der Waals surface area (Å²) in [6.45, 7) is 1.98. The number of hydrogen-bond acceptors (Lipinski definition) is 11. The summed E-state index contributed by atoms with van der Waals surface area (Å²) in [5, 5.41) is 34.4. The molecule has 0 aliphatic rings. The number of aryl methyl sites for hydroxylation is 1. The van der Waals surface area contributed by atoms with E-state index in [1.54, 1.807) is 60.7 Å². The van der Waals surface area contributed by atoms with Gasteiger partial charge in [-0.05, 0) is 67.1 Å². The number of rotatable bonds is 11. The first-order valence-corrected chi connectivity index (χ1v) is 12.8. The molecule has 0 saturated heterocycles. The van der Waals surface area contributed by atoms with Gasteiger partial charge in [-0.15, -0.1) is 4.33 Å². The molecule has 0 saturated carbocycles. The number of carbonyl (C=O) groups excluding carboxylic acids is 1. The van der Waals surface area contributed by atoms with E-state index in [1.807, 2.05) is 31.2 Å². The van der Waals surface area contributed by atoms with Crippen molar-refractivity contribution in [2.45, 2.75) is 11.8 Å². The van der Waals surface area contributed by atoms with Crippen molar-refractivity contribution in [2.75, 3.05) is 24.9 Å². The van der Waals surface area contributed by atoms with Crippen LogP contribution >= 0.6 is 12.0 Å². The Balaban J connectivity index is 1.41. The second kappa shape index (κ2) is 14.5. The van der Waals surface area contributed by atoms with E-state index in [0.717, 1.165) is 23.3 Å². The molecule has 0 aliphatic carbocycles. The predicted molar refractivity (Wildman–Crippen MR) is 155 cm³/mol. The van der Waals surface area contributed by atoms with E-state index in [4.69, 9.17) is 14.7 Å². The molecule has 0 spiro atoms. The number of ether oxygens (including phenoxy) is 2. The van der Waals surface area contributed by atoms with Crippen LogP contribution in [0.15, 0.2) is 110 Å². The average molecular weight is 575 g/mol. The van der Waals surface area contributed by atoms with Crippen LogP contribution in [0, 0.1) is 6.92 Å². The molecular weight excluding hydrogens is 548 g/mol. The van der Waals surface area contributed by atoms with Crippen LogP contribution in [0.25, 0.3) is 0 Å². The lowest BCUT2D eigenvalue weighted by molar-refractivity contribution is -0.432. The predicted octanol–water partition coefficient (Wildman–Crippen LogP) is 8.92. The van der Waals surface area contributed by atoms with E-state index < -0.39 is 6.03 Å². The monoisotopic (exact) mass is 574 g/mol. The Morgan fingerprint density at radius 1 is 0.707 bits per heavy atom. The van der Waals surface area contributed by atoms with Gasteiger partial charge in [-0.25, -0.2) is 10.1 Å². The first-order chi connectivity index (χ1) is 20.0. The Labute approximate surface area is 240 Å². The van der Waals surface area contributed by atoms with Crippen molar-refractivity contribution in [2.24, 2.45) is 20.5 Å². The van der Waals surface area contributed by atoms with Crippen LogP contribution in [-0.4, -0.2) is 25.5 Å². The molecular formula is C28H26N6O6S. The average Bonchev–Trinajstić information content (AvgIpc) is 2.99. The van der Waals surface area contributed by atoms with Gasteiger partial charge in [-0.1, -0.05) is 23.2 Å². The highest BCUT2D eigenvalue weighted by atomic mass is 32.2. The summed E-state index contributed by atoms with van der Waals surface area (Å²) in [7, 11) is 2.99. The van der Waals surface area contributed by atoms with Crippen molar-refractivity contribution in [3.8, 4) is 11.5 Å². The zero-order valence-electron chi connectivity index (χ0n) is 22.3. The van der Waals surface area contributed by atoms with E-state index in [-0.39, 0.29) is 0 Å². The molecule has 13 heteroatoms. The lowest BCUT2D eigenvalue weighted by Crippen LogP contribution is -2.20. The molecule has 0 bridgehead atoms. The van der Waals surface area contributed by atoms with Gasteiger partial charge in [0, 0.05) is 17.0 Å². The molecule has 41 heavy (non-hydrogen) atoms. The lowest BCUT2D eigenvalue weighted by atomic mass is 10.2. The second-order valence-electron chi connectivity index (χ2n) is 8.31. The summed E-state index contributed by atoms with van der Waals surface area (Å²) >= 11 is 0.818. The number of amides is 2. The largest absolute Gasteiger partial charge is 0.494 e. The minimum Gasteiger partial charge on any atom is -0.494 e. The molecule has 4 rings (SSSR count). The van der Waals surface area contributed by atoms with Gasteiger partial charge in [0.15, 0.2) is 0 Å². The van der Waals surface area contributed by atoms with Gasteiger partial charge in [0.2, 0.25) is 0 Å². The van der Waals surface area contributed by atoms with Crippen molar-refractivity contribution in [1.82, 2.24) is 0 Å². The number of anilines is 2. The maximum Gasteiger partial charge on any atom is 0.323 e. The Morgan fingerprint density at radius 2 is 1.22 bits per heavy atom. The molecule has 4 aromatic rings. The fraction of sp³-hybridized carbons (Fsp3) is 0.107. The molecule has 0 heterocycles. The first kappa shape index (κ1) is 29.2. The third-order valence-electron chi connectivity index (χ3n) is 5.41. The van der Waals surface area contributed by atoms with E-state index >= 15 is 0 Å². The SMILES string of the molecule is COc1cc(/N=N/c2cccc(C)c2)ccc1NC(=O)Nc1ccc(/N=N/c2cccc(SOOO)c2)cc1OC. The second-order valence-corrected chi connectivity index (χ2v) is 9.08. The number of carbonyl (C=O) groups is 1. The number of benzene rings is 4. The smallest absolute Gasteiger partial charge is 0.323 e. The minimum absolute atomic E-state index is 0.383. The fourth-order valence-electron chi connectivity index (χ4n) is 3.54. The van der Waals surface area contributed by atoms with Crippen LogP contribution in [0.2, 0.25) is 0 Å². The Kier molecular flexibility index (Phi) is 10.3. The molecule has 12 nitrogen and oxygen atoms in total. The van der Waals surface area contributed by atoms with Crippen molar-refractivity contribution in [1.29, 1.82) is 0 Å². The fourth-order valence-corrected chi connectivity index (χ4v) is 3.95. The standard InChI is InChI=1S/C28H26N6O6S/c1-18-6-4-7-19(14-18)31-33-21-10-12-24(26(16-21)37-2)29-28(35)30-25-13-11-22(17-27(25)38-3)34-32-20-8-5-9-23(15-20)41-40-39-36/h4-17,36H,1-3H3,(H2,29,30,35)/b33-31+,34-32+. The van der Waals surface area contributed by atoms with Gasteiger partial charge in [0.05, 0.1) is 60.4 Å². The molecule has 0 unspecified atom stereocenters. The van der Waals surface area contributed by atoms with Crippen LogP contribution in [0.1, 0.15) is 5.56 Å². The first-order valence-electron chi connectivity index (χ1n) is 12.1. The summed E-state index contributed by atoms with van der Waals surface area (Å²) in [4.78, 5) is 13.4. The molecule has 2 amide bonds. The summed E-state index contributed by atoms with van der Waals surface area (Å²) in [5.41, 5.74) is 4.31. The minimum atomic E-state index is -0.506. The van der Waals surface area contributed by atoms with Crippen molar-refractivity contribution < 1.29 is 28.9 Å².